The van der Waals surface area contributed by atoms with E-state index in [1.54, 1.807) is 0 Å². The van der Waals surface area contributed by atoms with Crippen molar-refractivity contribution >= 4 is 17.9 Å². The van der Waals surface area contributed by atoms with Gasteiger partial charge in [0.15, 0.2) is 6.10 Å². The maximum atomic E-state index is 12.8. The van der Waals surface area contributed by atoms with Gasteiger partial charge in [-0.25, -0.2) is 0 Å². The smallest absolute Gasteiger partial charge is 0.306 e. The lowest BCUT2D eigenvalue weighted by atomic mass is 10.1. The minimum absolute atomic E-state index is 0.0981. The first-order chi connectivity index (χ1) is 33.0. The van der Waals surface area contributed by atoms with Crippen LogP contribution in [0, 0.1) is 0 Å². The Kier molecular flexibility index (Phi) is 53.3. The number of unbranched alkanes of at least 4 members (excludes halogenated alkanes) is 31. The largest absolute Gasteiger partial charge is 0.462 e. The third-order valence-electron chi connectivity index (χ3n) is 12.5. The Morgan fingerprint density at radius 2 is 0.552 bits per heavy atom. The second-order valence-corrected chi connectivity index (χ2v) is 19.2. The first-order valence-corrected chi connectivity index (χ1v) is 28.8. The topological polar surface area (TPSA) is 78.9 Å². The SMILES string of the molecule is CCCCCCCC/C=C\C/C=C\C/C=C\CCCC(=O)O[C@@H](COC(=O)CCCCCCC/C=C\CCCCCCCC)COC(=O)CCCCCCCCC/C=C\CCCCCCCC. The van der Waals surface area contributed by atoms with Crippen LogP contribution in [0.4, 0.5) is 0 Å². The van der Waals surface area contributed by atoms with Crippen molar-refractivity contribution < 1.29 is 28.6 Å². The third-order valence-corrected chi connectivity index (χ3v) is 12.5. The molecule has 0 heterocycles. The number of carbonyl (C=O) groups is 3. The number of hydrogen-bond donors (Lipinski definition) is 0. The molecule has 0 aromatic heterocycles. The lowest BCUT2D eigenvalue weighted by molar-refractivity contribution is -0.167. The molecule has 0 aliphatic heterocycles. The van der Waals surface area contributed by atoms with Crippen LogP contribution in [0.1, 0.15) is 290 Å². The zero-order valence-corrected chi connectivity index (χ0v) is 44.4. The molecule has 0 bridgehead atoms. The van der Waals surface area contributed by atoms with Gasteiger partial charge in [-0.2, -0.15) is 0 Å². The number of hydrogen-bond acceptors (Lipinski definition) is 6. The Balaban J connectivity index is 4.46. The van der Waals surface area contributed by atoms with E-state index in [2.05, 4.69) is 81.5 Å². The van der Waals surface area contributed by atoms with E-state index >= 15 is 0 Å². The van der Waals surface area contributed by atoms with Crippen LogP contribution >= 0.6 is 0 Å². The van der Waals surface area contributed by atoms with Crippen LogP contribution in [0.5, 0.6) is 0 Å². The van der Waals surface area contributed by atoms with Gasteiger partial charge in [-0.3, -0.25) is 14.4 Å². The summed E-state index contributed by atoms with van der Waals surface area (Å²) in [7, 11) is 0. The highest BCUT2D eigenvalue weighted by Gasteiger charge is 2.19. The molecule has 0 saturated heterocycles. The lowest BCUT2D eigenvalue weighted by Gasteiger charge is -2.18. The molecule has 0 amide bonds. The molecular formula is C61H108O6. The normalized spacial score (nSPS) is 12.5. The zero-order chi connectivity index (χ0) is 48.6. The molecule has 388 valence electrons. The first kappa shape index (κ1) is 64.1. The van der Waals surface area contributed by atoms with Gasteiger partial charge in [0.25, 0.3) is 0 Å². The molecule has 6 heteroatoms. The van der Waals surface area contributed by atoms with Crippen molar-refractivity contribution in [1.29, 1.82) is 0 Å². The number of esters is 3. The van der Waals surface area contributed by atoms with E-state index in [1.807, 2.05) is 0 Å². The van der Waals surface area contributed by atoms with E-state index in [1.165, 1.54) is 180 Å². The van der Waals surface area contributed by atoms with E-state index in [0.29, 0.717) is 19.3 Å². The molecule has 0 aliphatic carbocycles. The molecule has 0 unspecified atom stereocenters. The van der Waals surface area contributed by atoms with E-state index in [9.17, 15) is 14.4 Å². The fourth-order valence-corrected chi connectivity index (χ4v) is 8.10. The second kappa shape index (κ2) is 55.7. The molecule has 0 aromatic rings. The lowest BCUT2D eigenvalue weighted by Crippen LogP contribution is -2.30. The summed E-state index contributed by atoms with van der Waals surface area (Å²) in [5.41, 5.74) is 0. The zero-order valence-electron chi connectivity index (χ0n) is 44.4. The number of allylic oxidation sites excluding steroid dienone is 10. The minimum Gasteiger partial charge on any atom is -0.462 e. The summed E-state index contributed by atoms with van der Waals surface area (Å²) in [4.78, 5) is 38.1. The predicted octanol–water partition coefficient (Wildman–Crippen LogP) is 19.2. The summed E-state index contributed by atoms with van der Waals surface area (Å²) in [6, 6.07) is 0. The fraction of sp³-hybridized carbons (Fsp3) is 0.787. The Hall–Kier alpha value is -2.89. The number of rotatable bonds is 52. The maximum absolute atomic E-state index is 12.8. The molecule has 0 radical (unpaired) electrons. The van der Waals surface area contributed by atoms with Gasteiger partial charge in [-0.1, -0.05) is 229 Å². The van der Waals surface area contributed by atoms with Gasteiger partial charge in [-0.05, 0) is 103 Å². The molecule has 0 saturated carbocycles. The van der Waals surface area contributed by atoms with Crippen LogP contribution in [0.25, 0.3) is 0 Å². The van der Waals surface area contributed by atoms with Crippen molar-refractivity contribution in [3.8, 4) is 0 Å². The molecule has 6 nitrogen and oxygen atoms in total. The van der Waals surface area contributed by atoms with Crippen LogP contribution in [-0.4, -0.2) is 37.2 Å². The van der Waals surface area contributed by atoms with E-state index in [4.69, 9.17) is 14.2 Å². The summed E-state index contributed by atoms with van der Waals surface area (Å²) in [5.74, 6) is -0.954. The van der Waals surface area contributed by atoms with Crippen molar-refractivity contribution in [2.45, 2.75) is 297 Å². The summed E-state index contributed by atoms with van der Waals surface area (Å²) in [6.45, 7) is 6.59. The van der Waals surface area contributed by atoms with Gasteiger partial charge >= 0.3 is 17.9 Å². The van der Waals surface area contributed by atoms with Crippen LogP contribution in [0.15, 0.2) is 60.8 Å². The van der Waals surface area contributed by atoms with E-state index in [0.717, 1.165) is 64.2 Å². The van der Waals surface area contributed by atoms with Gasteiger partial charge in [-0.15, -0.1) is 0 Å². The van der Waals surface area contributed by atoms with Gasteiger partial charge < -0.3 is 14.2 Å². The molecule has 0 fully saturated rings. The summed E-state index contributed by atoms with van der Waals surface area (Å²) in [5, 5.41) is 0. The van der Waals surface area contributed by atoms with Crippen molar-refractivity contribution in [3.63, 3.8) is 0 Å². The van der Waals surface area contributed by atoms with Crippen LogP contribution in [-0.2, 0) is 28.6 Å². The summed E-state index contributed by atoms with van der Waals surface area (Å²) in [6.07, 6.45) is 69.3. The summed E-state index contributed by atoms with van der Waals surface area (Å²) < 4.78 is 16.8. The third kappa shape index (κ3) is 53.9. The Bertz CT molecular complexity index is 1210. The Morgan fingerprint density at radius 1 is 0.299 bits per heavy atom. The van der Waals surface area contributed by atoms with Crippen molar-refractivity contribution in [2.75, 3.05) is 13.2 Å². The average Bonchev–Trinajstić information content (AvgIpc) is 3.33. The van der Waals surface area contributed by atoms with Gasteiger partial charge in [0.1, 0.15) is 13.2 Å². The van der Waals surface area contributed by atoms with Gasteiger partial charge in [0, 0.05) is 19.3 Å². The molecule has 0 rings (SSSR count). The van der Waals surface area contributed by atoms with Crippen LogP contribution in [0.3, 0.4) is 0 Å². The van der Waals surface area contributed by atoms with E-state index < -0.39 is 6.10 Å². The molecule has 0 N–H and O–H groups in total. The highest BCUT2D eigenvalue weighted by Crippen LogP contribution is 2.14. The van der Waals surface area contributed by atoms with Crippen molar-refractivity contribution in [3.05, 3.63) is 60.8 Å². The molecule has 0 aromatic carbocycles. The molecule has 67 heavy (non-hydrogen) atoms. The standard InChI is InChI=1S/C61H108O6/c1-4-7-10-13-16-19-22-25-28-30-33-36-39-42-45-48-51-54-60(63)66-57-58(56-65-59(62)53-50-47-44-41-38-35-32-27-24-21-18-15-12-9-6-3)67-61(64)55-52-49-46-43-40-37-34-31-29-26-23-20-17-14-11-8-5-2/h25-29,32,34,37,43,46,58H,4-24,30-31,33,35-36,38-42,44-45,47-57H2,1-3H3/b28-25-,29-26-,32-27-,37-34-,46-43-/t58-/m0/s1. The van der Waals surface area contributed by atoms with Crippen molar-refractivity contribution in [2.24, 2.45) is 0 Å². The fourth-order valence-electron chi connectivity index (χ4n) is 8.10. The monoisotopic (exact) mass is 937 g/mol. The minimum atomic E-state index is -0.805. The van der Waals surface area contributed by atoms with Gasteiger partial charge in [0.05, 0.1) is 0 Å². The van der Waals surface area contributed by atoms with Crippen LogP contribution in [0.2, 0.25) is 0 Å². The van der Waals surface area contributed by atoms with Gasteiger partial charge in [0.2, 0.25) is 0 Å². The predicted molar refractivity (Wildman–Crippen MR) is 288 cm³/mol. The molecular weight excluding hydrogens is 829 g/mol. The highest BCUT2D eigenvalue weighted by molar-refractivity contribution is 5.71. The quantitative estimate of drug-likeness (QED) is 0.0262. The summed E-state index contributed by atoms with van der Waals surface area (Å²) >= 11 is 0. The first-order valence-electron chi connectivity index (χ1n) is 28.8. The van der Waals surface area contributed by atoms with Crippen LogP contribution < -0.4 is 0 Å². The van der Waals surface area contributed by atoms with Crippen molar-refractivity contribution in [1.82, 2.24) is 0 Å². The Labute approximate surface area is 415 Å². The second-order valence-electron chi connectivity index (χ2n) is 19.2. The molecule has 1 atom stereocenters. The average molecular weight is 938 g/mol. The highest BCUT2D eigenvalue weighted by atomic mass is 16.6. The number of ether oxygens (including phenoxy) is 3. The maximum Gasteiger partial charge on any atom is 0.306 e. The Morgan fingerprint density at radius 3 is 0.896 bits per heavy atom. The van der Waals surface area contributed by atoms with E-state index in [-0.39, 0.29) is 37.5 Å². The number of carbonyl (C=O) groups excluding carboxylic acids is 3. The molecule has 0 spiro atoms. The molecule has 0 aliphatic rings.